The lowest BCUT2D eigenvalue weighted by Crippen LogP contribution is -2.23. The van der Waals surface area contributed by atoms with Crippen LogP contribution in [0, 0.1) is 0 Å². The number of nitrogens with one attached hydrogen (secondary N) is 1. The highest BCUT2D eigenvalue weighted by Crippen LogP contribution is 2.24. The quantitative estimate of drug-likeness (QED) is 0.701. The number of halogens is 3. The fourth-order valence-corrected chi connectivity index (χ4v) is 2.69. The fraction of sp³-hybridized carbons (Fsp3) is 0.278. The predicted octanol–water partition coefficient (Wildman–Crippen LogP) is 4.69. The Morgan fingerprint density at radius 2 is 1.92 bits per heavy atom. The SMILES string of the molecule is O=C(CCCc1ccccc1)NCc1cc(Br)ccc1OC(F)F. The van der Waals surface area contributed by atoms with Gasteiger partial charge in [-0.1, -0.05) is 46.3 Å². The van der Waals surface area contributed by atoms with Crippen LogP contribution in [0.1, 0.15) is 24.0 Å². The van der Waals surface area contributed by atoms with Crippen LogP contribution in [0.25, 0.3) is 0 Å². The van der Waals surface area contributed by atoms with E-state index in [2.05, 4.69) is 26.0 Å². The van der Waals surface area contributed by atoms with Crippen LogP contribution in [0.2, 0.25) is 0 Å². The minimum absolute atomic E-state index is 0.0674. The number of hydrogen-bond donors (Lipinski definition) is 1. The summed E-state index contributed by atoms with van der Waals surface area (Å²) in [5.41, 5.74) is 1.69. The summed E-state index contributed by atoms with van der Waals surface area (Å²) in [6.07, 6.45) is 1.94. The van der Waals surface area contributed by atoms with E-state index in [-0.39, 0.29) is 18.2 Å². The normalized spacial score (nSPS) is 10.7. The van der Waals surface area contributed by atoms with Gasteiger partial charge in [-0.25, -0.2) is 0 Å². The molecule has 0 heterocycles. The fourth-order valence-electron chi connectivity index (χ4n) is 2.28. The molecule has 0 saturated heterocycles. The molecule has 128 valence electrons. The summed E-state index contributed by atoms with van der Waals surface area (Å²) in [4.78, 5) is 11.9. The zero-order valence-corrected chi connectivity index (χ0v) is 14.6. The average Bonchev–Trinajstić information content (AvgIpc) is 2.55. The molecule has 2 aromatic carbocycles. The monoisotopic (exact) mass is 397 g/mol. The van der Waals surface area contributed by atoms with E-state index >= 15 is 0 Å². The van der Waals surface area contributed by atoms with Gasteiger partial charge in [0.1, 0.15) is 5.75 Å². The van der Waals surface area contributed by atoms with Gasteiger partial charge in [0.25, 0.3) is 0 Å². The molecule has 0 fully saturated rings. The van der Waals surface area contributed by atoms with E-state index in [1.54, 1.807) is 12.1 Å². The topological polar surface area (TPSA) is 38.3 Å². The molecule has 0 bridgehead atoms. The van der Waals surface area contributed by atoms with Crippen molar-refractivity contribution in [1.82, 2.24) is 5.32 Å². The van der Waals surface area contributed by atoms with Crippen molar-refractivity contribution in [3.63, 3.8) is 0 Å². The molecule has 2 aromatic rings. The van der Waals surface area contributed by atoms with Crippen molar-refractivity contribution in [2.45, 2.75) is 32.4 Å². The number of benzene rings is 2. The highest BCUT2D eigenvalue weighted by Gasteiger charge is 2.11. The largest absolute Gasteiger partial charge is 0.434 e. The second kappa shape index (κ2) is 9.37. The van der Waals surface area contributed by atoms with E-state index in [9.17, 15) is 13.6 Å². The first-order chi connectivity index (χ1) is 11.5. The summed E-state index contributed by atoms with van der Waals surface area (Å²) >= 11 is 3.28. The van der Waals surface area contributed by atoms with Gasteiger partial charge in [0, 0.05) is 23.0 Å². The average molecular weight is 398 g/mol. The van der Waals surface area contributed by atoms with Gasteiger partial charge in [-0.05, 0) is 36.6 Å². The molecule has 0 spiro atoms. The molecular weight excluding hydrogens is 380 g/mol. The minimum Gasteiger partial charge on any atom is -0.434 e. The number of alkyl halides is 2. The Bertz CT molecular complexity index is 665. The second-order valence-electron chi connectivity index (χ2n) is 5.25. The summed E-state index contributed by atoms with van der Waals surface area (Å²) in [6, 6.07) is 14.6. The van der Waals surface area contributed by atoms with Crippen LogP contribution in [0.15, 0.2) is 53.0 Å². The number of rotatable bonds is 8. The van der Waals surface area contributed by atoms with E-state index < -0.39 is 6.61 Å². The molecule has 6 heteroatoms. The standard InChI is InChI=1S/C18H18BrF2NO2/c19-15-9-10-16(24-18(20)21)14(11-15)12-22-17(23)8-4-7-13-5-2-1-3-6-13/h1-3,5-6,9-11,18H,4,7-8,12H2,(H,22,23). The van der Waals surface area contributed by atoms with Gasteiger partial charge < -0.3 is 10.1 Å². The first-order valence-corrected chi connectivity index (χ1v) is 8.38. The zero-order chi connectivity index (χ0) is 17.4. The van der Waals surface area contributed by atoms with Crippen molar-refractivity contribution < 1.29 is 18.3 Å². The van der Waals surface area contributed by atoms with Crippen LogP contribution in [-0.2, 0) is 17.8 Å². The molecule has 24 heavy (non-hydrogen) atoms. The number of ether oxygens (including phenoxy) is 1. The molecular formula is C18H18BrF2NO2. The predicted molar refractivity (Wildman–Crippen MR) is 92.0 cm³/mol. The first-order valence-electron chi connectivity index (χ1n) is 7.58. The zero-order valence-electron chi connectivity index (χ0n) is 13.0. The van der Waals surface area contributed by atoms with Gasteiger partial charge in [-0.3, -0.25) is 4.79 Å². The molecule has 1 amide bonds. The molecule has 0 aliphatic rings. The van der Waals surface area contributed by atoms with Crippen molar-refractivity contribution in [2.75, 3.05) is 0 Å². The van der Waals surface area contributed by atoms with Gasteiger partial charge in [0.2, 0.25) is 5.91 Å². The number of carbonyl (C=O) groups is 1. The second-order valence-corrected chi connectivity index (χ2v) is 6.16. The lowest BCUT2D eigenvalue weighted by molar-refractivity contribution is -0.121. The van der Waals surface area contributed by atoms with Crippen molar-refractivity contribution in [3.8, 4) is 5.75 Å². The summed E-state index contributed by atoms with van der Waals surface area (Å²) in [6.45, 7) is -2.75. The molecule has 0 aliphatic heterocycles. The molecule has 0 atom stereocenters. The first kappa shape index (κ1) is 18.4. The summed E-state index contributed by atoms with van der Waals surface area (Å²) < 4.78 is 30.0. The highest BCUT2D eigenvalue weighted by molar-refractivity contribution is 9.10. The smallest absolute Gasteiger partial charge is 0.387 e. The Kier molecular flexibility index (Phi) is 7.18. The van der Waals surface area contributed by atoms with Gasteiger partial charge in [0.15, 0.2) is 0 Å². The number of amides is 1. The minimum atomic E-state index is -2.90. The van der Waals surface area contributed by atoms with E-state index in [0.717, 1.165) is 17.3 Å². The molecule has 0 unspecified atom stereocenters. The maximum atomic E-state index is 12.4. The van der Waals surface area contributed by atoms with Crippen LogP contribution in [0.5, 0.6) is 5.75 Å². The Balaban J connectivity index is 1.82. The van der Waals surface area contributed by atoms with Gasteiger partial charge >= 0.3 is 6.61 Å². The Labute approximate surface area is 148 Å². The molecule has 0 aromatic heterocycles. The van der Waals surface area contributed by atoms with Crippen LogP contribution >= 0.6 is 15.9 Å². The molecule has 0 aliphatic carbocycles. The Morgan fingerprint density at radius 1 is 1.17 bits per heavy atom. The van der Waals surface area contributed by atoms with Crippen molar-refractivity contribution >= 4 is 21.8 Å². The summed E-state index contributed by atoms with van der Waals surface area (Å²) in [5, 5.41) is 2.74. The summed E-state index contributed by atoms with van der Waals surface area (Å²) in [5.74, 6) is -0.0494. The maximum Gasteiger partial charge on any atom is 0.387 e. The molecule has 2 rings (SSSR count). The molecule has 1 N–H and O–H groups in total. The molecule has 0 saturated carbocycles. The van der Waals surface area contributed by atoms with Crippen molar-refractivity contribution in [2.24, 2.45) is 0 Å². The van der Waals surface area contributed by atoms with Gasteiger partial charge in [0.05, 0.1) is 0 Å². The van der Waals surface area contributed by atoms with E-state index in [0.29, 0.717) is 12.0 Å². The van der Waals surface area contributed by atoms with E-state index in [1.807, 2.05) is 30.3 Å². The molecule has 0 radical (unpaired) electrons. The van der Waals surface area contributed by atoms with Gasteiger partial charge in [-0.2, -0.15) is 8.78 Å². The lowest BCUT2D eigenvalue weighted by Gasteiger charge is -2.12. The van der Waals surface area contributed by atoms with Crippen molar-refractivity contribution in [1.29, 1.82) is 0 Å². The van der Waals surface area contributed by atoms with E-state index in [4.69, 9.17) is 0 Å². The highest BCUT2D eigenvalue weighted by atomic mass is 79.9. The number of carbonyl (C=O) groups excluding carboxylic acids is 1. The molecule has 3 nitrogen and oxygen atoms in total. The summed E-state index contributed by atoms with van der Waals surface area (Å²) in [7, 11) is 0. The third kappa shape index (κ3) is 6.28. The number of aryl methyl sites for hydroxylation is 1. The number of hydrogen-bond acceptors (Lipinski definition) is 2. The van der Waals surface area contributed by atoms with Crippen LogP contribution in [0.4, 0.5) is 8.78 Å². The Morgan fingerprint density at radius 3 is 2.62 bits per heavy atom. The van der Waals surface area contributed by atoms with Crippen LogP contribution < -0.4 is 10.1 Å². The van der Waals surface area contributed by atoms with Crippen LogP contribution in [0.3, 0.4) is 0 Å². The maximum absolute atomic E-state index is 12.4. The Hall–Kier alpha value is -1.95. The van der Waals surface area contributed by atoms with Crippen LogP contribution in [-0.4, -0.2) is 12.5 Å². The third-order valence-electron chi connectivity index (χ3n) is 3.43. The third-order valence-corrected chi connectivity index (χ3v) is 3.92. The van der Waals surface area contributed by atoms with E-state index in [1.165, 1.54) is 11.6 Å². The van der Waals surface area contributed by atoms with Crippen molar-refractivity contribution in [3.05, 3.63) is 64.1 Å². The van der Waals surface area contributed by atoms with Gasteiger partial charge in [-0.15, -0.1) is 0 Å². The lowest BCUT2D eigenvalue weighted by atomic mass is 10.1.